The predicted molar refractivity (Wildman–Crippen MR) is 99.8 cm³/mol. The summed E-state index contributed by atoms with van der Waals surface area (Å²) in [5.74, 6) is -0.862. The number of hydrogen-bond donors (Lipinski definition) is 1. The van der Waals surface area contributed by atoms with Gasteiger partial charge in [-0.15, -0.1) is 0 Å². The highest BCUT2D eigenvalue weighted by atomic mass is 35.5. The molecule has 1 N–H and O–H groups in total. The molecule has 0 atom stereocenters. The van der Waals surface area contributed by atoms with E-state index in [0.29, 0.717) is 5.69 Å². The van der Waals surface area contributed by atoms with E-state index in [4.69, 9.17) is 23.2 Å². The topological polar surface area (TPSA) is 81.1 Å². The third-order valence-electron chi connectivity index (χ3n) is 3.59. The smallest absolute Gasteiger partial charge is 0.267 e. The van der Waals surface area contributed by atoms with E-state index in [1.165, 1.54) is 28.9 Å². The minimum atomic E-state index is -4.19. The van der Waals surface area contributed by atoms with Gasteiger partial charge in [-0.25, -0.2) is 13.1 Å². The van der Waals surface area contributed by atoms with E-state index in [2.05, 4.69) is 5.10 Å². The van der Waals surface area contributed by atoms with Gasteiger partial charge in [-0.05, 0) is 29.8 Å². The van der Waals surface area contributed by atoms with E-state index in [1.54, 1.807) is 7.05 Å². The molecule has 134 valence electrons. The maximum Gasteiger partial charge on any atom is 0.285 e. The minimum Gasteiger partial charge on any atom is -0.267 e. The van der Waals surface area contributed by atoms with Gasteiger partial charge in [0.25, 0.3) is 15.9 Å². The molecule has 1 heterocycles. The molecule has 26 heavy (non-hydrogen) atoms. The summed E-state index contributed by atoms with van der Waals surface area (Å²) in [4.78, 5) is 12.1. The first-order valence-corrected chi connectivity index (χ1v) is 9.63. The van der Waals surface area contributed by atoms with Crippen molar-refractivity contribution in [2.24, 2.45) is 7.05 Å². The number of carbonyl (C=O) groups is 1. The van der Waals surface area contributed by atoms with E-state index in [0.717, 1.165) is 5.56 Å². The Morgan fingerprint density at radius 2 is 1.77 bits per heavy atom. The van der Waals surface area contributed by atoms with Gasteiger partial charge in [0.1, 0.15) is 4.90 Å². The molecule has 0 spiro atoms. The predicted octanol–water partition coefficient (Wildman–Crippen LogP) is 3.51. The van der Waals surface area contributed by atoms with Gasteiger partial charge < -0.3 is 0 Å². The minimum absolute atomic E-state index is 0.0342. The van der Waals surface area contributed by atoms with Gasteiger partial charge in [0.2, 0.25) is 0 Å². The van der Waals surface area contributed by atoms with Crippen LogP contribution in [0.25, 0.3) is 11.3 Å². The van der Waals surface area contributed by atoms with Gasteiger partial charge in [0.05, 0.1) is 10.7 Å². The van der Waals surface area contributed by atoms with E-state index >= 15 is 0 Å². The second-order valence-electron chi connectivity index (χ2n) is 5.41. The van der Waals surface area contributed by atoms with Crippen molar-refractivity contribution < 1.29 is 13.2 Å². The van der Waals surface area contributed by atoms with E-state index < -0.39 is 15.9 Å². The zero-order chi connectivity index (χ0) is 18.9. The van der Waals surface area contributed by atoms with Gasteiger partial charge in [0, 0.05) is 12.1 Å². The molecule has 6 nitrogen and oxygen atoms in total. The molecule has 3 rings (SSSR count). The summed E-state index contributed by atoms with van der Waals surface area (Å²) in [5, 5.41) is 4.23. The van der Waals surface area contributed by atoms with Gasteiger partial charge in [0.15, 0.2) is 5.69 Å². The Morgan fingerprint density at radius 1 is 1.08 bits per heavy atom. The highest BCUT2D eigenvalue weighted by Crippen LogP contribution is 2.25. The van der Waals surface area contributed by atoms with Gasteiger partial charge >= 0.3 is 0 Å². The Labute approximate surface area is 160 Å². The number of sulfonamides is 1. The number of nitrogens with zero attached hydrogens (tertiary/aromatic N) is 2. The van der Waals surface area contributed by atoms with E-state index in [-0.39, 0.29) is 20.6 Å². The molecule has 9 heteroatoms. The van der Waals surface area contributed by atoms with Gasteiger partial charge in [-0.1, -0.05) is 53.5 Å². The lowest BCUT2D eigenvalue weighted by Gasteiger charge is -2.07. The van der Waals surface area contributed by atoms with Crippen molar-refractivity contribution in [2.75, 3.05) is 0 Å². The summed E-state index contributed by atoms with van der Waals surface area (Å²) >= 11 is 11.7. The Kier molecular flexibility index (Phi) is 5.04. The summed E-state index contributed by atoms with van der Waals surface area (Å²) in [7, 11) is -2.53. The number of benzene rings is 2. The van der Waals surface area contributed by atoms with Gasteiger partial charge in [-0.3, -0.25) is 9.48 Å². The van der Waals surface area contributed by atoms with Crippen molar-refractivity contribution in [3.63, 3.8) is 0 Å². The van der Waals surface area contributed by atoms with Crippen LogP contribution in [0.4, 0.5) is 0 Å². The van der Waals surface area contributed by atoms with Crippen LogP contribution in [0.15, 0.2) is 59.5 Å². The second kappa shape index (κ2) is 7.11. The molecule has 2 aromatic carbocycles. The largest absolute Gasteiger partial charge is 0.285 e. The molecule has 0 saturated heterocycles. The normalized spacial score (nSPS) is 11.3. The number of amides is 1. The zero-order valence-electron chi connectivity index (χ0n) is 13.5. The highest BCUT2D eigenvalue weighted by molar-refractivity contribution is 7.90. The van der Waals surface area contributed by atoms with Crippen LogP contribution < -0.4 is 4.72 Å². The Hall–Kier alpha value is -2.35. The van der Waals surface area contributed by atoms with Crippen molar-refractivity contribution in [3.05, 3.63) is 70.3 Å². The summed E-state index contributed by atoms with van der Waals surface area (Å²) in [5.41, 5.74) is 1.49. The maximum atomic E-state index is 12.4. The molecular weight excluding hydrogens is 397 g/mol. The number of halogens is 2. The average Bonchev–Trinajstić information content (AvgIpc) is 2.99. The van der Waals surface area contributed by atoms with Crippen molar-refractivity contribution in [1.29, 1.82) is 0 Å². The number of rotatable bonds is 4. The lowest BCUT2D eigenvalue weighted by Crippen LogP contribution is -2.31. The van der Waals surface area contributed by atoms with Gasteiger partial charge in [-0.2, -0.15) is 5.10 Å². The lowest BCUT2D eigenvalue weighted by atomic mass is 10.1. The standard InChI is InChI=1S/C17H13Cl2N3O3S/c1-22-15(11-5-3-2-4-6-11)10-14(20-22)17(23)21-26(24,25)16-9-12(18)7-8-13(16)19/h2-10H,1H3,(H,21,23). The number of aryl methyl sites for hydroxylation is 1. The molecule has 0 radical (unpaired) electrons. The van der Waals surface area contributed by atoms with Crippen LogP contribution >= 0.6 is 23.2 Å². The lowest BCUT2D eigenvalue weighted by molar-refractivity contribution is 0.0976. The fraction of sp³-hybridized carbons (Fsp3) is 0.0588. The Morgan fingerprint density at radius 3 is 2.46 bits per heavy atom. The Bertz CT molecular complexity index is 1080. The molecule has 0 saturated carbocycles. The van der Waals surface area contributed by atoms with Crippen LogP contribution in [0.3, 0.4) is 0 Å². The van der Waals surface area contributed by atoms with Crippen LogP contribution in [-0.4, -0.2) is 24.1 Å². The SMILES string of the molecule is Cn1nc(C(=O)NS(=O)(=O)c2cc(Cl)ccc2Cl)cc1-c1ccccc1. The van der Waals surface area contributed by atoms with E-state index in [9.17, 15) is 13.2 Å². The third kappa shape index (κ3) is 3.75. The third-order valence-corrected chi connectivity index (χ3v) is 5.64. The molecule has 0 aliphatic carbocycles. The summed E-state index contributed by atoms with van der Waals surface area (Å²) in [6.07, 6.45) is 0. The molecule has 0 bridgehead atoms. The first-order valence-electron chi connectivity index (χ1n) is 7.39. The van der Waals surface area contributed by atoms with E-state index in [1.807, 2.05) is 35.1 Å². The monoisotopic (exact) mass is 409 g/mol. The van der Waals surface area contributed by atoms with Crippen molar-refractivity contribution in [2.45, 2.75) is 4.90 Å². The summed E-state index contributed by atoms with van der Waals surface area (Å²) in [6, 6.07) is 14.8. The van der Waals surface area contributed by atoms with Crippen LogP contribution in [0, 0.1) is 0 Å². The molecule has 3 aromatic rings. The summed E-state index contributed by atoms with van der Waals surface area (Å²) in [6.45, 7) is 0. The fourth-order valence-corrected chi connectivity index (χ4v) is 4.09. The molecule has 0 fully saturated rings. The van der Waals surface area contributed by atoms with Crippen molar-refractivity contribution >= 4 is 39.1 Å². The molecular formula is C17H13Cl2N3O3S. The maximum absolute atomic E-state index is 12.4. The Balaban J connectivity index is 1.90. The fourth-order valence-electron chi connectivity index (χ4n) is 2.37. The first-order chi connectivity index (χ1) is 12.3. The average molecular weight is 410 g/mol. The molecule has 0 aliphatic heterocycles. The molecule has 0 unspecified atom stereocenters. The number of carbonyl (C=O) groups excluding carboxylic acids is 1. The van der Waals surface area contributed by atoms with Crippen LogP contribution in [0.5, 0.6) is 0 Å². The molecule has 1 aromatic heterocycles. The van der Waals surface area contributed by atoms with Crippen molar-refractivity contribution in [1.82, 2.24) is 14.5 Å². The second-order valence-corrected chi connectivity index (χ2v) is 7.91. The molecule has 0 aliphatic rings. The van der Waals surface area contributed by atoms with Crippen LogP contribution in [0.1, 0.15) is 10.5 Å². The number of aromatic nitrogens is 2. The number of hydrogen-bond acceptors (Lipinski definition) is 4. The first kappa shape index (κ1) is 18.4. The van der Waals surface area contributed by atoms with Crippen LogP contribution in [-0.2, 0) is 17.1 Å². The molecule has 1 amide bonds. The number of nitrogens with one attached hydrogen (secondary N) is 1. The van der Waals surface area contributed by atoms with Crippen LogP contribution in [0.2, 0.25) is 10.0 Å². The quantitative estimate of drug-likeness (QED) is 0.714. The zero-order valence-corrected chi connectivity index (χ0v) is 15.8. The summed E-state index contributed by atoms with van der Waals surface area (Å²) < 4.78 is 28.3. The van der Waals surface area contributed by atoms with Crippen molar-refractivity contribution in [3.8, 4) is 11.3 Å². The highest BCUT2D eigenvalue weighted by Gasteiger charge is 2.24.